The second kappa shape index (κ2) is 4.27. The van der Waals surface area contributed by atoms with Gasteiger partial charge in [0.1, 0.15) is 6.04 Å². The summed E-state index contributed by atoms with van der Waals surface area (Å²) in [5.41, 5.74) is 3.01. The Morgan fingerprint density at radius 1 is 1.00 bits per heavy atom. The van der Waals surface area contributed by atoms with Crippen LogP contribution in [0.2, 0.25) is 0 Å². The molecule has 1 aliphatic carbocycles. The average molecular weight is 263 g/mol. The molecule has 1 aliphatic heterocycles. The predicted octanol–water partition coefficient (Wildman–Crippen LogP) is 3.18. The number of rotatable bonds is 2. The molecule has 0 aromatic heterocycles. The van der Waals surface area contributed by atoms with E-state index in [1.165, 1.54) is 5.56 Å². The minimum Gasteiger partial charge on any atom is -0.292 e. The van der Waals surface area contributed by atoms with Crippen LogP contribution in [0.1, 0.15) is 27.5 Å². The summed E-state index contributed by atoms with van der Waals surface area (Å²) in [4.78, 5) is 12.3. The fraction of sp³-hybridized carbons (Fsp3) is 0.188. The molecule has 2 atom stereocenters. The number of fused-ring (bicyclic) bond motifs is 3. The van der Waals surface area contributed by atoms with Crippen LogP contribution in [0.15, 0.2) is 64.9 Å². The third-order valence-corrected chi connectivity index (χ3v) is 3.91. The largest absolute Gasteiger partial charge is 0.292 e. The van der Waals surface area contributed by atoms with Gasteiger partial charge in [0, 0.05) is 5.56 Å². The molecule has 0 fully saturated rings. The van der Waals surface area contributed by atoms with Crippen molar-refractivity contribution in [3.8, 4) is 0 Å². The standard InChI is InChI=1S/C16H13N3O/c20-16-13-9-5-4-8-12(13)15-14(16)17-18-19(15)10-11-6-2-1-3-7-11/h1-9,14-15H,10H2. The molecule has 1 heterocycles. The van der Waals surface area contributed by atoms with Crippen molar-refractivity contribution in [2.75, 3.05) is 0 Å². The summed E-state index contributed by atoms with van der Waals surface area (Å²) in [7, 11) is 0. The van der Waals surface area contributed by atoms with Gasteiger partial charge in [0.2, 0.25) is 0 Å². The molecule has 4 rings (SSSR count). The number of carbonyl (C=O) groups is 1. The highest BCUT2D eigenvalue weighted by Crippen LogP contribution is 2.42. The molecule has 2 aromatic rings. The van der Waals surface area contributed by atoms with Crippen molar-refractivity contribution in [3.63, 3.8) is 0 Å². The first-order valence-electron chi connectivity index (χ1n) is 6.69. The summed E-state index contributed by atoms with van der Waals surface area (Å²) in [6.45, 7) is 0.674. The molecule has 0 bridgehead atoms. The van der Waals surface area contributed by atoms with Crippen LogP contribution in [-0.2, 0) is 6.54 Å². The van der Waals surface area contributed by atoms with Crippen LogP contribution in [-0.4, -0.2) is 16.8 Å². The van der Waals surface area contributed by atoms with Gasteiger partial charge in [-0.05, 0) is 11.1 Å². The second-order valence-electron chi connectivity index (χ2n) is 5.13. The zero-order valence-corrected chi connectivity index (χ0v) is 10.8. The number of carbonyl (C=O) groups excluding carboxylic acids is 1. The highest BCUT2D eigenvalue weighted by molar-refractivity contribution is 6.05. The van der Waals surface area contributed by atoms with Crippen LogP contribution >= 0.6 is 0 Å². The number of nitrogens with zero attached hydrogens (tertiary/aromatic N) is 3. The Balaban J connectivity index is 1.69. The maximum absolute atomic E-state index is 12.3. The van der Waals surface area contributed by atoms with Crippen molar-refractivity contribution in [2.24, 2.45) is 10.3 Å². The highest BCUT2D eigenvalue weighted by atomic mass is 16.1. The smallest absolute Gasteiger partial charge is 0.192 e. The van der Waals surface area contributed by atoms with Gasteiger partial charge in [-0.3, -0.25) is 9.80 Å². The minimum absolute atomic E-state index is 0.0427. The van der Waals surface area contributed by atoms with Crippen LogP contribution in [0.25, 0.3) is 0 Å². The molecule has 2 aliphatic rings. The SMILES string of the molecule is O=C1c2ccccc2C2C1N=NN2Cc1ccccc1. The Bertz CT molecular complexity index is 696. The van der Waals surface area contributed by atoms with E-state index < -0.39 is 0 Å². The van der Waals surface area contributed by atoms with E-state index in [1.54, 1.807) is 0 Å². The van der Waals surface area contributed by atoms with Crippen molar-refractivity contribution < 1.29 is 4.79 Å². The number of benzene rings is 2. The van der Waals surface area contributed by atoms with E-state index in [4.69, 9.17) is 0 Å². The Labute approximate surface area is 116 Å². The fourth-order valence-electron chi connectivity index (χ4n) is 2.97. The van der Waals surface area contributed by atoms with Crippen LogP contribution in [0, 0.1) is 0 Å². The van der Waals surface area contributed by atoms with Crippen molar-refractivity contribution >= 4 is 5.78 Å². The molecule has 4 heteroatoms. The van der Waals surface area contributed by atoms with Gasteiger partial charge in [-0.25, -0.2) is 0 Å². The quantitative estimate of drug-likeness (QED) is 0.835. The summed E-state index contributed by atoms with van der Waals surface area (Å²) in [5.74, 6) is 0.0879. The molecular formula is C16H13N3O. The first-order valence-corrected chi connectivity index (χ1v) is 6.69. The van der Waals surface area contributed by atoms with Crippen LogP contribution in [0.4, 0.5) is 0 Å². The molecule has 98 valence electrons. The second-order valence-corrected chi connectivity index (χ2v) is 5.13. The monoisotopic (exact) mass is 263 g/mol. The molecule has 2 aromatic carbocycles. The van der Waals surface area contributed by atoms with E-state index in [-0.39, 0.29) is 17.9 Å². The molecule has 4 nitrogen and oxygen atoms in total. The Kier molecular flexibility index (Phi) is 2.42. The Hall–Kier alpha value is -2.49. The summed E-state index contributed by atoms with van der Waals surface area (Å²) >= 11 is 0. The number of ketones is 1. The van der Waals surface area contributed by atoms with Gasteiger partial charge in [0.15, 0.2) is 11.8 Å². The predicted molar refractivity (Wildman–Crippen MR) is 74.1 cm³/mol. The zero-order valence-electron chi connectivity index (χ0n) is 10.8. The van der Waals surface area contributed by atoms with Crippen molar-refractivity contribution in [1.29, 1.82) is 0 Å². The molecule has 0 radical (unpaired) electrons. The normalized spacial score (nSPS) is 23.0. The molecule has 0 saturated heterocycles. The van der Waals surface area contributed by atoms with E-state index in [1.807, 2.05) is 47.5 Å². The van der Waals surface area contributed by atoms with Crippen molar-refractivity contribution in [1.82, 2.24) is 5.01 Å². The zero-order chi connectivity index (χ0) is 13.5. The van der Waals surface area contributed by atoms with Crippen LogP contribution in [0.3, 0.4) is 0 Å². The molecule has 0 N–H and O–H groups in total. The Morgan fingerprint density at radius 3 is 2.60 bits per heavy atom. The lowest BCUT2D eigenvalue weighted by atomic mass is 10.1. The first-order chi connectivity index (χ1) is 9.84. The summed E-state index contributed by atoms with van der Waals surface area (Å²) < 4.78 is 0. The van der Waals surface area contributed by atoms with E-state index >= 15 is 0 Å². The van der Waals surface area contributed by atoms with E-state index in [2.05, 4.69) is 22.5 Å². The molecule has 0 spiro atoms. The lowest BCUT2D eigenvalue weighted by Gasteiger charge is -2.21. The van der Waals surface area contributed by atoms with Gasteiger partial charge in [-0.15, -0.1) is 0 Å². The summed E-state index contributed by atoms with van der Waals surface area (Å²) in [6, 6.07) is 17.5. The summed E-state index contributed by atoms with van der Waals surface area (Å²) in [5, 5.41) is 10.3. The molecular weight excluding hydrogens is 250 g/mol. The average Bonchev–Trinajstić information content (AvgIpc) is 3.02. The summed E-state index contributed by atoms with van der Waals surface area (Å²) in [6.07, 6.45) is 0. The Morgan fingerprint density at radius 2 is 1.75 bits per heavy atom. The molecule has 20 heavy (non-hydrogen) atoms. The van der Waals surface area contributed by atoms with Gasteiger partial charge < -0.3 is 0 Å². The fourth-order valence-corrected chi connectivity index (χ4v) is 2.97. The third kappa shape index (κ3) is 1.58. The topological polar surface area (TPSA) is 45.0 Å². The minimum atomic E-state index is -0.365. The lowest BCUT2D eigenvalue weighted by molar-refractivity contribution is 0.0952. The molecule has 2 unspecified atom stereocenters. The molecule has 0 amide bonds. The van der Waals surface area contributed by atoms with E-state index in [9.17, 15) is 4.79 Å². The van der Waals surface area contributed by atoms with Crippen molar-refractivity contribution in [2.45, 2.75) is 18.6 Å². The number of hydrogen-bond donors (Lipinski definition) is 0. The third-order valence-electron chi connectivity index (χ3n) is 3.91. The maximum Gasteiger partial charge on any atom is 0.192 e. The van der Waals surface area contributed by atoms with Crippen LogP contribution < -0.4 is 0 Å². The van der Waals surface area contributed by atoms with Gasteiger partial charge in [-0.1, -0.05) is 59.8 Å². The van der Waals surface area contributed by atoms with E-state index in [0.29, 0.717) is 6.54 Å². The van der Waals surface area contributed by atoms with Gasteiger partial charge in [0.25, 0.3) is 0 Å². The lowest BCUT2D eigenvalue weighted by Crippen LogP contribution is -2.25. The van der Waals surface area contributed by atoms with Crippen molar-refractivity contribution in [3.05, 3.63) is 71.3 Å². The highest BCUT2D eigenvalue weighted by Gasteiger charge is 2.46. The maximum atomic E-state index is 12.3. The number of Topliss-reactive ketones (excluding diaryl/α,β-unsaturated/α-hetero) is 1. The van der Waals surface area contributed by atoms with Gasteiger partial charge >= 0.3 is 0 Å². The van der Waals surface area contributed by atoms with Gasteiger partial charge in [-0.2, -0.15) is 5.11 Å². The van der Waals surface area contributed by atoms with Crippen LogP contribution in [0.5, 0.6) is 0 Å². The molecule has 0 saturated carbocycles. The number of hydrogen-bond acceptors (Lipinski definition) is 4. The van der Waals surface area contributed by atoms with E-state index in [0.717, 1.165) is 11.1 Å². The first kappa shape index (κ1) is 11.3. The van der Waals surface area contributed by atoms with Gasteiger partial charge in [0.05, 0.1) is 6.54 Å².